The average Bonchev–Trinajstić information content (AvgIpc) is 2.00. The number of carboxylic acid groups (broad SMARTS) is 1. The maximum absolute atomic E-state index is 11.6. The molecule has 0 fully saturated rings. The molecule has 8 heteroatoms. The molecule has 0 aliphatic heterocycles. The number of aliphatic hydroxyl groups is 1. The zero-order chi connectivity index (χ0) is 12.1. The highest BCUT2D eigenvalue weighted by Gasteiger charge is 2.31. The molecule has 0 radical (unpaired) electrons. The molecule has 0 rings (SSSR count). The summed E-state index contributed by atoms with van der Waals surface area (Å²) in [4.78, 5) is 20.6. The summed E-state index contributed by atoms with van der Waals surface area (Å²) in [6.07, 6.45) is -8.22. The van der Waals surface area contributed by atoms with Crippen LogP contribution in [0.2, 0.25) is 0 Å². The summed E-state index contributed by atoms with van der Waals surface area (Å²) < 4.78 is 34.8. The fourth-order valence-electron chi connectivity index (χ4n) is 0.716. The van der Waals surface area contributed by atoms with Crippen molar-refractivity contribution >= 4 is 11.9 Å². The summed E-state index contributed by atoms with van der Waals surface area (Å²) in [7, 11) is 0. The number of aliphatic carboxylic acids is 1. The highest BCUT2D eigenvalue weighted by atomic mass is 19.4. The van der Waals surface area contributed by atoms with Gasteiger partial charge in [-0.1, -0.05) is 0 Å². The Balaban J connectivity index is 3.69. The first-order valence-corrected chi connectivity index (χ1v) is 3.96. The molecule has 15 heavy (non-hydrogen) atoms. The molecule has 0 heterocycles. The molecule has 0 spiro atoms. The zero-order valence-corrected chi connectivity index (χ0v) is 7.54. The van der Waals surface area contributed by atoms with Gasteiger partial charge >= 0.3 is 12.1 Å². The predicted octanol–water partition coefficient (Wildman–Crippen LogP) is -0.109. The number of hydrogen-bond acceptors (Lipinski definition) is 3. The monoisotopic (exact) mass is 229 g/mol. The minimum atomic E-state index is -4.59. The second kappa shape index (κ2) is 5.54. The Morgan fingerprint density at radius 1 is 1.33 bits per heavy atom. The Kier molecular flexibility index (Phi) is 5.06. The minimum absolute atomic E-state index is 0.317. The van der Waals surface area contributed by atoms with E-state index in [2.05, 4.69) is 0 Å². The lowest BCUT2D eigenvalue weighted by atomic mass is 10.2. The Morgan fingerprint density at radius 3 is 2.27 bits per heavy atom. The Morgan fingerprint density at radius 2 is 1.87 bits per heavy atom. The largest absolute Gasteiger partial charge is 0.479 e. The Bertz CT molecular complexity index is 241. The van der Waals surface area contributed by atoms with Gasteiger partial charge in [-0.05, 0) is 0 Å². The fraction of sp³-hybridized carbons (Fsp3) is 0.714. The summed E-state index contributed by atoms with van der Waals surface area (Å²) in [5, 5.41) is 18.7. The standard InChI is InChI=1S/C7H10F3NO4/c8-7(9,10)3-5(13)11-2-1-4(12)6(14)15/h4,12H,1-3H2,(H,11,13)(H,14,15). The molecule has 0 aromatic rings. The second-order valence-corrected chi connectivity index (χ2v) is 2.78. The van der Waals surface area contributed by atoms with Gasteiger partial charge in [-0.15, -0.1) is 0 Å². The molecule has 0 saturated carbocycles. The van der Waals surface area contributed by atoms with Crippen LogP contribution < -0.4 is 5.32 Å². The van der Waals surface area contributed by atoms with E-state index in [9.17, 15) is 22.8 Å². The van der Waals surface area contributed by atoms with E-state index in [1.165, 1.54) is 0 Å². The summed E-state index contributed by atoms with van der Waals surface area (Å²) >= 11 is 0. The number of carboxylic acids is 1. The molecule has 5 nitrogen and oxygen atoms in total. The highest BCUT2D eigenvalue weighted by Crippen LogP contribution is 2.18. The van der Waals surface area contributed by atoms with E-state index in [-0.39, 0.29) is 13.0 Å². The van der Waals surface area contributed by atoms with Gasteiger partial charge in [-0.2, -0.15) is 13.2 Å². The molecule has 0 saturated heterocycles. The molecule has 3 N–H and O–H groups in total. The number of amides is 1. The van der Waals surface area contributed by atoms with Crippen molar-refractivity contribution in [3.05, 3.63) is 0 Å². The van der Waals surface area contributed by atoms with Gasteiger partial charge in [0.1, 0.15) is 6.42 Å². The lowest BCUT2D eigenvalue weighted by Gasteiger charge is -2.08. The van der Waals surface area contributed by atoms with Crippen LogP contribution in [0.15, 0.2) is 0 Å². The molecule has 0 aliphatic rings. The van der Waals surface area contributed by atoms with Crippen molar-refractivity contribution in [2.24, 2.45) is 0 Å². The fourth-order valence-corrected chi connectivity index (χ4v) is 0.716. The van der Waals surface area contributed by atoms with Crippen LogP contribution in [-0.4, -0.2) is 40.9 Å². The molecule has 0 bridgehead atoms. The minimum Gasteiger partial charge on any atom is -0.479 e. The average molecular weight is 229 g/mol. The van der Waals surface area contributed by atoms with Crippen molar-refractivity contribution in [3.63, 3.8) is 0 Å². The molecule has 1 unspecified atom stereocenters. The number of halogens is 3. The van der Waals surface area contributed by atoms with Crippen molar-refractivity contribution in [2.45, 2.75) is 25.1 Å². The molecular formula is C7H10F3NO4. The third-order valence-corrected chi connectivity index (χ3v) is 1.39. The SMILES string of the molecule is O=C(CC(F)(F)F)NCCC(O)C(=O)O. The van der Waals surface area contributed by atoms with E-state index in [1.54, 1.807) is 0 Å². The van der Waals surface area contributed by atoms with E-state index < -0.39 is 30.6 Å². The number of carbonyl (C=O) groups is 2. The molecule has 88 valence electrons. The highest BCUT2D eigenvalue weighted by molar-refractivity contribution is 5.76. The van der Waals surface area contributed by atoms with Crippen LogP contribution >= 0.6 is 0 Å². The summed E-state index contributed by atoms with van der Waals surface area (Å²) in [6, 6.07) is 0. The van der Waals surface area contributed by atoms with E-state index in [0.717, 1.165) is 0 Å². The number of aliphatic hydroxyl groups excluding tert-OH is 1. The van der Waals surface area contributed by atoms with E-state index in [0.29, 0.717) is 0 Å². The van der Waals surface area contributed by atoms with Gasteiger partial charge in [-0.25, -0.2) is 4.79 Å². The van der Waals surface area contributed by atoms with E-state index >= 15 is 0 Å². The maximum Gasteiger partial charge on any atom is 0.397 e. The second-order valence-electron chi connectivity index (χ2n) is 2.78. The number of rotatable bonds is 5. The van der Waals surface area contributed by atoms with Crippen LogP contribution in [0, 0.1) is 0 Å². The van der Waals surface area contributed by atoms with Gasteiger partial charge in [0.25, 0.3) is 0 Å². The van der Waals surface area contributed by atoms with Gasteiger partial charge in [0.15, 0.2) is 6.10 Å². The van der Waals surface area contributed by atoms with Gasteiger partial charge in [-0.3, -0.25) is 4.79 Å². The van der Waals surface area contributed by atoms with Crippen LogP contribution in [0.4, 0.5) is 13.2 Å². The zero-order valence-electron chi connectivity index (χ0n) is 7.54. The smallest absolute Gasteiger partial charge is 0.397 e. The Hall–Kier alpha value is -1.31. The first-order valence-electron chi connectivity index (χ1n) is 3.96. The number of nitrogens with one attached hydrogen (secondary N) is 1. The lowest BCUT2D eigenvalue weighted by Crippen LogP contribution is -2.32. The Labute approximate surface area is 82.9 Å². The molecule has 0 aromatic heterocycles. The van der Waals surface area contributed by atoms with Crippen LogP contribution in [0.1, 0.15) is 12.8 Å². The van der Waals surface area contributed by atoms with Crippen molar-refractivity contribution in [3.8, 4) is 0 Å². The summed E-state index contributed by atoms with van der Waals surface area (Å²) in [5.74, 6) is -2.74. The van der Waals surface area contributed by atoms with Gasteiger partial charge < -0.3 is 15.5 Å². The number of hydrogen-bond donors (Lipinski definition) is 3. The van der Waals surface area contributed by atoms with Gasteiger partial charge in [0.2, 0.25) is 5.91 Å². The summed E-state index contributed by atoms with van der Waals surface area (Å²) in [6.45, 7) is -0.317. The third-order valence-electron chi connectivity index (χ3n) is 1.39. The van der Waals surface area contributed by atoms with E-state index in [4.69, 9.17) is 10.2 Å². The molecule has 1 amide bonds. The van der Waals surface area contributed by atoms with Gasteiger partial charge in [0, 0.05) is 13.0 Å². The van der Waals surface area contributed by atoms with E-state index in [1.807, 2.05) is 5.32 Å². The van der Waals surface area contributed by atoms with Crippen molar-refractivity contribution < 1.29 is 33.0 Å². The first kappa shape index (κ1) is 13.7. The summed E-state index contributed by atoms with van der Waals surface area (Å²) in [5.41, 5.74) is 0. The third kappa shape index (κ3) is 7.74. The van der Waals surface area contributed by atoms with Crippen molar-refractivity contribution in [1.29, 1.82) is 0 Å². The molecule has 0 aliphatic carbocycles. The quantitative estimate of drug-likeness (QED) is 0.614. The lowest BCUT2D eigenvalue weighted by molar-refractivity contribution is -0.154. The molecular weight excluding hydrogens is 219 g/mol. The van der Waals surface area contributed by atoms with Crippen LogP contribution in [0.3, 0.4) is 0 Å². The molecule has 1 atom stereocenters. The van der Waals surface area contributed by atoms with Gasteiger partial charge in [0.05, 0.1) is 0 Å². The topological polar surface area (TPSA) is 86.6 Å². The number of carbonyl (C=O) groups excluding carboxylic acids is 1. The normalized spacial score (nSPS) is 13.3. The van der Waals surface area contributed by atoms with Crippen molar-refractivity contribution in [1.82, 2.24) is 5.32 Å². The first-order chi connectivity index (χ1) is 6.72. The van der Waals surface area contributed by atoms with Crippen LogP contribution in [0.5, 0.6) is 0 Å². The predicted molar refractivity (Wildman–Crippen MR) is 41.9 cm³/mol. The van der Waals surface area contributed by atoms with Crippen molar-refractivity contribution in [2.75, 3.05) is 6.54 Å². The maximum atomic E-state index is 11.6. The molecule has 0 aromatic carbocycles. The van der Waals surface area contributed by atoms with Crippen LogP contribution in [0.25, 0.3) is 0 Å². The number of alkyl halides is 3. The van der Waals surface area contributed by atoms with Crippen LogP contribution in [-0.2, 0) is 9.59 Å².